The van der Waals surface area contributed by atoms with Crippen molar-refractivity contribution in [3.8, 4) is 6.01 Å². The lowest BCUT2D eigenvalue weighted by Crippen LogP contribution is -2.40. The fourth-order valence-corrected chi connectivity index (χ4v) is 3.55. The van der Waals surface area contributed by atoms with Crippen LogP contribution in [0.15, 0.2) is 24.3 Å². The molecule has 1 aliphatic carbocycles. The molecule has 1 fully saturated rings. The average molecular weight is 424 g/mol. The SMILES string of the molecule is OCCOC1CC(Oc2nc3nc(CCc4c(F)cccc4F)c(Cl)cc3[nH]2)C1. The second-order valence-corrected chi connectivity index (χ2v) is 7.37. The number of aryl methyl sites for hydroxylation is 1. The van der Waals surface area contributed by atoms with Crippen LogP contribution in [0.25, 0.3) is 11.2 Å². The maximum absolute atomic E-state index is 13.8. The minimum Gasteiger partial charge on any atom is -0.461 e. The minimum atomic E-state index is -0.584. The van der Waals surface area contributed by atoms with Crippen LogP contribution >= 0.6 is 11.6 Å². The number of hydrogen-bond acceptors (Lipinski definition) is 5. The molecule has 154 valence electrons. The highest BCUT2D eigenvalue weighted by atomic mass is 35.5. The van der Waals surface area contributed by atoms with Gasteiger partial charge in [-0.05, 0) is 31.0 Å². The highest BCUT2D eigenvalue weighted by Crippen LogP contribution is 2.29. The molecule has 0 atom stereocenters. The van der Waals surface area contributed by atoms with Crippen molar-refractivity contribution in [2.75, 3.05) is 13.2 Å². The Balaban J connectivity index is 1.42. The zero-order chi connectivity index (χ0) is 20.4. The summed E-state index contributed by atoms with van der Waals surface area (Å²) in [5.74, 6) is -1.17. The summed E-state index contributed by atoms with van der Waals surface area (Å²) < 4.78 is 38.9. The third-order valence-corrected chi connectivity index (χ3v) is 5.25. The van der Waals surface area contributed by atoms with E-state index < -0.39 is 11.6 Å². The molecule has 2 N–H and O–H groups in total. The van der Waals surface area contributed by atoms with Crippen molar-refractivity contribution in [1.82, 2.24) is 15.0 Å². The molecule has 4 rings (SSSR count). The van der Waals surface area contributed by atoms with Crippen LogP contribution in [-0.2, 0) is 17.6 Å². The molecule has 9 heteroatoms. The van der Waals surface area contributed by atoms with Crippen LogP contribution in [0.4, 0.5) is 8.78 Å². The van der Waals surface area contributed by atoms with E-state index in [9.17, 15) is 8.78 Å². The molecule has 1 saturated carbocycles. The summed E-state index contributed by atoms with van der Waals surface area (Å²) >= 11 is 6.29. The zero-order valence-electron chi connectivity index (χ0n) is 15.5. The third-order valence-electron chi connectivity index (χ3n) is 4.93. The first-order valence-corrected chi connectivity index (χ1v) is 9.78. The minimum absolute atomic E-state index is 0.00388. The first kappa shape index (κ1) is 20.0. The van der Waals surface area contributed by atoms with Gasteiger partial charge in [0.2, 0.25) is 0 Å². The van der Waals surface area contributed by atoms with E-state index in [0.29, 0.717) is 34.5 Å². The summed E-state index contributed by atoms with van der Waals surface area (Å²) in [4.78, 5) is 11.8. The van der Waals surface area contributed by atoms with Gasteiger partial charge < -0.3 is 19.6 Å². The first-order valence-electron chi connectivity index (χ1n) is 9.40. The predicted octanol–water partition coefficient (Wildman–Crippen LogP) is 3.59. The van der Waals surface area contributed by atoms with Crippen LogP contribution in [0.2, 0.25) is 5.02 Å². The maximum atomic E-state index is 13.8. The largest absolute Gasteiger partial charge is 0.461 e. The van der Waals surface area contributed by atoms with Crippen molar-refractivity contribution < 1.29 is 23.4 Å². The molecule has 0 radical (unpaired) electrons. The van der Waals surface area contributed by atoms with E-state index in [-0.39, 0.29) is 37.2 Å². The summed E-state index contributed by atoms with van der Waals surface area (Å²) in [5, 5.41) is 9.16. The van der Waals surface area contributed by atoms with Crippen LogP contribution in [-0.4, -0.2) is 45.5 Å². The van der Waals surface area contributed by atoms with Gasteiger partial charge in [0.05, 0.1) is 35.6 Å². The van der Waals surface area contributed by atoms with E-state index >= 15 is 0 Å². The molecular weight excluding hydrogens is 404 g/mol. The molecule has 2 aromatic heterocycles. The maximum Gasteiger partial charge on any atom is 0.296 e. The number of halogens is 3. The first-order chi connectivity index (χ1) is 14.0. The van der Waals surface area contributed by atoms with Crippen molar-refractivity contribution >= 4 is 22.8 Å². The van der Waals surface area contributed by atoms with Crippen molar-refractivity contribution in [2.24, 2.45) is 0 Å². The molecule has 0 spiro atoms. The number of nitrogens with zero attached hydrogens (tertiary/aromatic N) is 2. The van der Waals surface area contributed by atoms with E-state index in [2.05, 4.69) is 15.0 Å². The summed E-state index contributed by atoms with van der Waals surface area (Å²) in [5.41, 5.74) is 1.58. The number of aromatic amines is 1. The molecule has 2 heterocycles. The van der Waals surface area contributed by atoms with Gasteiger partial charge in [-0.25, -0.2) is 13.8 Å². The van der Waals surface area contributed by atoms with E-state index in [1.54, 1.807) is 6.07 Å². The Bertz CT molecular complexity index is 988. The van der Waals surface area contributed by atoms with Gasteiger partial charge in [-0.3, -0.25) is 0 Å². The number of aliphatic hydroxyl groups is 1. The summed E-state index contributed by atoms with van der Waals surface area (Å²) in [7, 11) is 0. The van der Waals surface area contributed by atoms with Crippen LogP contribution in [0.1, 0.15) is 24.1 Å². The standard InChI is InChI=1S/C20H20ClF2N3O3/c21-14-10-18-19(24-17(14)5-4-13-15(22)2-1-3-16(13)23)26-20(25-18)29-12-8-11(9-12)28-7-6-27/h1-3,10-12,27H,4-9H2,(H,24,25,26). The Morgan fingerprint density at radius 1 is 1.14 bits per heavy atom. The zero-order valence-corrected chi connectivity index (χ0v) is 16.3. The lowest BCUT2D eigenvalue weighted by molar-refractivity contribution is -0.0708. The number of benzene rings is 1. The van der Waals surface area contributed by atoms with Crippen molar-refractivity contribution in [3.05, 3.63) is 52.2 Å². The highest BCUT2D eigenvalue weighted by molar-refractivity contribution is 6.31. The fourth-order valence-electron chi connectivity index (χ4n) is 3.31. The smallest absolute Gasteiger partial charge is 0.296 e. The van der Waals surface area contributed by atoms with Gasteiger partial charge in [0.1, 0.15) is 17.7 Å². The molecule has 29 heavy (non-hydrogen) atoms. The number of pyridine rings is 1. The quantitative estimate of drug-likeness (QED) is 0.578. The number of ether oxygens (including phenoxy) is 2. The number of imidazole rings is 1. The van der Waals surface area contributed by atoms with Crippen molar-refractivity contribution in [2.45, 2.75) is 37.9 Å². The lowest BCUT2D eigenvalue weighted by Gasteiger charge is -2.34. The Labute approximate surface area is 170 Å². The molecule has 0 aliphatic heterocycles. The average Bonchev–Trinajstić information content (AvgIpc) is 3.04. The third kappa shape index (κ3) is 4.49. The Hall–Kier alpha value is -2.29. The van der Waals surface area contributed by atoms with Gasteiger partial charge in [-0.2, -0.15) is 4.98 Å². The number of hydrogen-bond donors (Lipinski definition) is 2. The number of rotatable bonds is 8. The number of H-pyrrole nitrogens is 1. The number of nitrogens with one attached hydrogen (secondary N) is 1. The van der Waals surface area contributed by atoms with Crippen LogP contribution in [0.5, 0.6) is 6.01 Å². The molecular formula is C20H20ClF2N3O3. The molecule has 0 unspecified atom stereocenters. The topological polar surface area (TPSA) is 80.3 Å². The van der Waals surface area contributed by atoms with E-state index in [4.69, 9.17) is 26.2 Å². The van der Waals surface area contributed by atoms with E-state index in [0.717, 1.165) is 12.8 Å². The Morgan fingerprint density at radius 3 is 2.62 bits per heavy atom. The normalized spacial score (nSPS) is 18.8. The van der Waals surface area contributed by atoms with Crippen LogP contribution in [0, 0.1) is 11.6 Å². The van der Waals surface area contributed by atoms with Crippen LogP contribution < -0.4 is 4.74 Å². The van der Waals surface area contributed by atoms with Crippen molar-refractivity contribution in [3.63, 3.8) is 0 Å². The fraction of sp³-hybridized carbons (Fsp3) is 0.400. The van der Waals surface area contributed by atoms with Gasteiger partial charge in [0, 0.05) is 18.4 Å². The van der Waals surface area contributed by atoms with Crippen molar-refractivity contribution in [1.29, 1.82) is 0 Å². The molecule has 0 bridgehead atoms. The molecule has 6 nitrogen and oxygen atoms in total. The summed E-state index contributed by atoms with van der Waals surface area (Å²) in [6, 6.07) is 5.82. The Morgan fingerprint density at radius 2 is 1.90 bits per heavy atom. The summed E-state index contributed by atoms with van der Waals surface area (Å²) in [6.45, 7) is 0.327. The molecule has 1 aromatic carbocycles. The molecule has 1 aliphatic rings. The lowest BCUT2D eigenvalue weighted by atomic mass is 9.92. The molecule has 0 saturated heterocycles. The molecule has 0 amide bonds. The van der Waals surface area contributed by atoms with Gasteiger partial charge in [-0.15, -0.1) is 0 Å². The number of aromatic nitrogens is 3. The second-order valence-electron chi connectivity index (χ2n) is 6.96. The number of aliphatic hydroxyl groups excluding tert-OH is 1. The monoisotopic (exact) mass is 423 g/mol. The van der Waals surface area contributed by atoms with Gasteiger partial charge in [0.15, 0.2) is 5.65 Å². The Kier molecular flexibility index (Phi) is 5.94. The summed E-state index contributed by atoms with van der Waals surface area (Å²) in [6.07, 6.45) is 1.95. The van der Waals surface area contributed by atoms with E-state index in [1.807, 2.05) is 0 Å². The molecule has 3 aromatic rings. The van der Waals surface area contributed by atoms with Crippen LogP contribution in [0.3, 0.4) is 0 Å². The highest BCUT2D eigenvalue weighted by Gasteiger charge is 2.32. The number of fused-ring (bicyclic) bond motifs is 1. The second kappa shape index (κ2) is 8.61. The predicted molar refractivity (Wildman–Crippen MR) is 103 cm³/mol. The van der Waals surface area contributed by atoms with Gasteiger partial charge in [0.25, 0.3) is 6.01 Å². The van der Waals surface area contributed by atoms with Gasteiger partial charge in [-0.1, -0.05) is 17.7 Å². The van der Waals surface area contributed by atoms with E-state index in [1.165, 1.54) is 18.2 Å². The van der Waals surface area contributed by atoms with Gasteiger partial charge >= 0.3 is 0 Å².